The van der Waals surface area contributed by atoms with Crippen molar-refractivity contribution in [2.24, 2.45) is 5.92 Å². The number of hydrogen-bond acceptors (Lipinski definition) is 4. The smallest absolute Gasteiger partial charge is 0.225 e. The fraction of sp³-hybridized carbons (Fsp3) is 0.652. The van der Waals surface area contributed by atoms with Gasteiger partial charge in [0.25, 0.3) is 0 Å². The van der Waals surface area contributed by atoms with E-state index in [9.17, 15) is 9.59 Å². The molecule has 7 heteroatoms. The minimum Gasteiger partial charge on any atom is -0.490 e. The van der Waals surface area contributed by atoms with Crippen LogP contribution in [0, 0.1) is 12.8 Å². The summed E-state index contributed by atoms with van der Waals surface area (Å²) < 4.78 is 12.3. The molecule has 2 heterocycles. The molecule has 0 bridgehead atoms. The lowest BCUT2D eigenvalue weighted by molar-refractivity contribution is -0.166. The number of likely N-dealkylation sites (tertiary alicyclic amines) is 1. The molecule has 1 aliphatic carbocycles. The molecule has 30 heavy (non-hydrogen) atoms. The number of ether oxygens (including phenoxy) is 2. The topological polar surface area (TPSA) is 59.1 Å². The number of piperidine rings is 1. The zero-order chi connectivity index (χ0) is 21.1. The summed E-state index contributed by atoms with van der Waals surface area (Å²) in [7, 11) is 0. The predicted octanol–water partition coefficient (Wildman–Crippen LogP) is 3.44. The Morgan fingerprint density at radius 3 is 2.63 bits per heavy atom. The lowest BCUT2D eigenvalue weighted by atomic mass is 9.96. The normalized spacial score (nSPS) is 24.6. The van der Waals surface area contributed by atoms with Crippen molar-refractivity contribution in [3.8, 4) is 5.75 Å². The van der Waals surface area contributed by atoms with Crippen molar-refractivity contribution < 1.29 is 19.1 Å². The van der Waals surface area contributed by atoms with Crippen LogP contribution >= 0.6 is 11.6 Å². The SMILES string of the molecule is Cc1cc(OC[C@]2(CC(=O)N3CCCCC3)CN(C(=O)C3CC3)CCO2)ccc1Cl. The Balaban J connectivity index is 1.49. The molecule has 1 atom stereocenters. The van der Waals surface area contributed by atoms with Gasteiger partial charge in [0.05, 0.1) is 19.6 Å². The van der Waals surface area contributed by atoms with Crippen LogP contribution < -0.4 is 4.74 Å². The number of carbonyl (C=O) groups excluding carboxylic acids is 2. The standard InChI is InChI=1S/C23H31ClN2O4/c1-17-13-19(7-8-20(17)24)29-16-23(14-21(27)25-9-3-2-4-10-25)15-26(11-12-30-23)22(28)18-5-6-18/h7-8,13,18H,2-6,9-12,14-16H2,1H3/t23-/m0/s1. The summed E-state index contributed by atoms with van der Waals surface area (Å²) in [5, 5.41) is 0.687. The van der Waals surface area contributed by atoms with Crippen molar-refractivity contribution in [1.82, 2.24) is 9.80 Å². The van der Waals surface area contributed by atoms with E-state index >= 15 is 0 Å². The largest absolute Gasteiger partial charge is 0.490 e. The highest BCUT2D eigenvalue weighted by Crippen LogP contribution is 2.34. The Labute approximate surface area is 183 Å². The molecule has 4 rings (SSSR count). The van der Waals surface area contributed by atoms with Crippen LogP contribution in [0.5, 0.6) is 5.75 Å². The summed E-state index contributed by atoms with van der Waals surface area (Å²) in [5.74, 6) is 1.12. The van der Waals surface area contributed by atoms with Gasteiger partial charge in [-0.3, -0.25) is 9.59 Å². The first-order chi connectivity index (χ1) is 14.5. The third kappa shape index (κ3) is 5.09. The lowest BCUT2D eigenvalue weighted by Gasteiger charge is -2.43. The predicted molar refractivity (Wildman–Crippen MR) is 115 cm³/mol. The Kier molecular flexibility index (Phi) is 6.54. The Morgan fingerprint density at radius 1 is 1.17 bits per heavy atom. The van der Waals surface area contributed by atoms with Gasteiger partial charge in [-0.2, -0.15) is 0 Å². The third-order valence-electron chi connectivity index (χ3n) is 6.30. The molecule has 0 N–H and O–H groups in total. The van der Waals surface area contributed by atoms with Gasteiger partial charge >= 0.3 is 0 Å². The van der Waals surface area contributed by atoms with E-state index in [1.165, 1.54) is 6.42 Å². The van der Waals surface area contributed by atoms with Crippen LogP contribution in [0.1, 0.15) is 44.1 Å². The van der Waals surface area contributed by atoms with E-state index < -0.39 is 5.60 Å². The first kappa shape index (κ1) is 21.4. The molecule has 1 saturated carbocycles. The maximum absolute atomic E-state index is 13.1. The van der Waals surface area contributed by atoms with Crippen molar-refractivity contribution in [2.75, 3.05) is 39.4 Å². The Bertz CT molecular complexity index is 791. The van der Waals surface area contributed by atoms with E-state index in [2.05, 4.69) is 0 Å². The summed E-state index contributed by atoms with van der Waals surface area (Å²) in [6.45, 7) is 5.16. The van der Waals surface area contributed by atoms with E-state index in [0.29, 0.717) is 30.5 Å². The lowest BCUT2D eigenvalue weighted by Crippen LogP contribution is -2.58. The summed E-state index contributed by atoms with van der Waals surface area (Å²) in [4.78, 5) is 29.6. The fourth-order valence-electron chi connectivity index (χ4n) is 4.32. The molecular weight excluding hydrogens is 404 g/mol. The van der Waals surface area contributed by atoms with Gasteiger partial charge in [-0.25, -0.2) is 0 Å². The van der Waals surface area contributed by atoms with Crippen LogP contribution in [0.25, 0.3) is 0 Å². The Hall–Kier alpha value is -1.79. The molecule has 1 aromatic rings. The monoisotopic (exact) mass is 434 g/mol. The number of rotatable bonds is 6. The molecule has 3 aliphatic rings. The number of hydrogen-bond donors (Lipinski definition) is 0. The molecule has 6 nitrogen and oxygen atoms in total. The molecule has 0 spiro atoms. The number of amides is 2. The van der Waals surface area contributed by atoms with Crippen molar-refractivity contribution in [2.45, 2.75) is 51.0 Å². The van der Waals surface area contributed by atoms with Crippen LogP contribution in [-0.4, -0.2) is 66.6 Å². The molecule has 2 saturated heterocycles. The number of morpholine rings is 1. The van der Waals surface area contributed by atoms with Gasteiger partial charge in [-0.15, -0.1) is 0 Å². The van der Waals surface area contributed by atoms with Crippen LogP contribution in [-0.2, 0) is 14.3 Å². The minimum atomic E-state index is -0.829. The summed E-state index contributed by atoms with van der Waals surface area (Å²) in [5.41, 5.74) is 0.105. The van der Waals surface area contributed by atoms with Gasteiger partial charge < -0.3 is 19.3 Å². The number of halogens is 1. The van der Waals surface area contributed by atoms with Crippen LogP contribution in [0.2, 0.25) is 5.02 Å². The van der Waals surface area contributed by atoms with Gasteiger partial charge in [0.2, 0.25) is 11.8 Å². The maximum atomic E-state index is 13.1. The first-order valence-electron chi connectivity index (χ1n) is 11.1. The molecular formula is C23H31ClN2O4. The molecule has 2 aliphatic heterocycles. The Morgan fingerprint density at radius 2 is 1.93 bits per heavy atom. The highest BCUT2D eigenvalue weighted by molar-refractivity contribution is 6.31. The molecule has 1 aromatic carbocycles. The summed E-state index contributed by atoms with van der Waals surface area (Å²) >= 11 is 6.13. The van der Waals surface area contributed by atoms with Crippen molar-refractivity contribution in [3.05, 3.63) is 28.8 Å². The molecule has 0 aromatic heterocycles. The van der Waals surface area contributed by atoms with Crippen LogP contribution in [0.4, 0.5) is 0 Å². The number of benzene rings is 1. The van der Waals surface area contributed by atoms with Crippen molar-refractivity contribution in [3.63, 3.8) is 0 Å². The van der Waals surface area contributed by atoms with Gasteiger partial charge in [0.15, 0.2) is 0 Å². The highest BCUT2D eigenvalue weighted by Gasteiger charge is 2.44. The molecule has 164 valence electrons. The summed E-state index contributed by atoms with van der Waals surface area (Å²) in [6.07, 6.45) is 5.44. The van der Waals surface area contributed by atoms with E-state index in [1.54, 1.807) is 0 Å². The minimum absolute atomic E-state index is 0.0892. The van der Waals surface area contributed by atoms with Crippen molar-refractivity contribution in [1.29, 1.82) is 0 Å². The van der Waals surface area contributed by atoms with Crippen LogP contribution in [0.15, 0.2) is 18.2 Å². The van der Waals surface area contributed by atoms with Crippen LogP contribution in [0.3, 0.4) is 0 Å². The zero-order valence-electron chi connectivity index (χ0n) is 17.7. The second-order valence-electron chi connectivity index (χ2n) is 8.88. The van der Waals surface area contributed by atoms with Gasteiger partial charge in [-0.05, 0) is 62.8 Å². The fourth-order valence-corrected chi connectivity index (χ4v) is 4.44. The molecule has 0 unspecified atom stereocenters. The molecule has 3 fully saturated rings. The highest BCUT2D eigenvalue weighted by atomic mass is 35.5. The third-order valence-corrected chi connectivity index (χ3v) is 6.72. The number of carbonyl (C=O) groups is 2. The second kappa shape index (κ2) is 9.15. The second-order valence-corrected chi connectivity index (χ2v) is 9.29. The molecule has 2 amide bonds. The number of aryl methyl sites for hydroxylation is 1. The maximum Gasteiger partial charge on any atom is 0.225 e. The van der Waals surface area contributed by atoms with E-state index in [4.69, 9.17) is 21.1 Å². The first-order valence-corrected chi connectivity index (χ1v) is 11.4. The van der Waals surface area contributed by atoms with Crippen molar-refractivity contribution >= 4 is 23.4 Å². The average Bonchev–Trinajstić information content (AvgIpc) is 3.60. The van der Waals surface area contributed by atoms with E-state index in [0.717, 1.165) is 44.3 Å². The van der Waals surface area contributed by atoms with Gasteiger partial charge in [0, 0.05) is 30.6 Å². The summed E-state index contributed by atoms with van der Waals surface area (Å²) in [6, 6.07) is 5.52. The van der Waals surface area contributed by atoms with E-state index in [-0.39, 0.29) is 30.8 Å². The van der Waals surface area contributed by atoms with Gasteiger partial charge in [-0.1, -0.05) is 11.6 Å². The average molecular weight is 435 g/mol. The quantitative estimate of drug-likeness (QED) is 0.688. The zero-order valence-corrected chi connectivity index (χ0v) is 18.5. The van der Waals surface area contributed by atoms with E-state index in [1.807, 2.05) is 34.9 Å². The van der Waals surface area contributed by atoms with Gasteiger partial charge in [0.1, 0.15) is 18.0 Å². The number of nitrogens with zero attached hydrogens (tertiary/aromatic N) is 2. The molecule has 0 radical (unpaired) electrons.